The molecule has 2 atom stereocenters. The van der Waals surface area contributed by atoms with Crippen LogP contribution in [0.1, 0.15) is 23.6 Å². The van der Waals surface area contributed by atoms with Gasteiger partial charge in [0.25, 0.3) is 0 Å². The molecule has 0 amide bonds. The number of rotatable bonds is 3. The van der Waals surface area contributed by atoms with Gasteiger partial charge in [-0.15, -0.1) is 11.6 Å². The molecule has 0 spiro atoms. The Balaban J connectivity index is 1.94. The van der Waals surface area contributed by atoms with Gasteiger partial charge >= 0.3 is 0 Å². The summed E-state index contributed by atoms with van der Waals surface area (Å²) in [5, 5.41) is 0. The van der Waals surface area contributed by atoms with Crippen molar-refractivity contribution in [3.63, 3.8) is 0 Å². The van der Waals surface area contributed by atoms with Gasteiger partial charge in [-0.05, 0) is 17.7 Å². The third-order valence-corrected chi connectivity index (χ3v) is 3.76. The van der Waals surface area contributed by atoms with Gasteiger partial charge in [0, 0.05) is 12.0 Å². The first-order valence-electron chi connectivity index (χ1n) is 6.77. The first-order valence-corrected chi connectivity index (χ1v) is 7.31. The van der Waals surface area contributed by atoms with Gasteiger partial charge in [0.2, 0.25) is 5.90 Å². The molecule has 2 aromatic carbocycles. The Labute approximate surface area is 124 Å². The number of aliphatic imine (C=N–C) groups is 1. The molecule has 0 radical (unpaired) electrons. The van der Waals surface area contributed by atoms with E-state index < -0.39 is 0 Å². The van der Waals surface area contributed by atoms with E-state index in [0.717, 1.165) is 12.0 Å². The van der Waals surface area contributed by atoms with E-state index in [9.17, 15) is 0 Å². The Kier molecular flexibility index (Phi) is 4.03. The lowest BCUT2D eigenvalue weighted by molar-refractivity contribution is 0.171. The summed E-state index contributed by atoms with van der Waals surface area (Å²) >= 11 is 6.01. The number of nitrogens with zero attached hydrogens (tertiary/aromatic N) is 1. The van der Waals surface area contributed by atoms with Gasteiger partial charge in [-0.25, -0.2) is 4.99 Å². The van der Waals surface area contributed by atoms with Crippen molar-refractivity contribution < 1.29 is 4.74 Å². The highest BCUT2D eigenvalue weighted by Crippen LogP contribution is 2.29. The Morgan fingerprint density at radius 2 is 1.65 bits per heavy atom. The van der Waals surface area contributed by atoms with Crippen LogP contribution < -0.4 is 0 Å². The molecule has 0 unspecified atom stereocenters. The molecule has 20 heavy (non-hydrogen) atoms. The number of alkyl halides is 1. The number of benzene rings is 2. The molecular formula is C17H16ClNO. The summed E-state index contributed by atoms with van der Waals surface area (Å²) in [6.07, 6.45) is 0.832. The minimum Gasteiger partial charge on any atom is -0.473 e. The van der Waals surface area contributed by atoms with Crippen LogP contribution in [0.4, 0.5) is 0 Å². The van der Waals surface area contributed by atoms with Crippen LogP contribution in [0, 0.1) is 0 Å². The van der Waals surface area contributed by atoms with E-state index in [4.69, 9.17) is 21.3 Å². The van der Waals surface area contributed by atoms with Crippen molar-refractivity contribution in [3.8, 4) is 0 Å². The van der Waals surface area contributed by atoms with Crippen molar-refractivity contribution >= 4 is 17.5 Å². The van der Waals surface area contributed by atoms with Crippen LogP contribution in [0.2, 0.25) is 0 Å². The lowest BCUT2D eigenvalue weighted by atomic mass is 10.00. The molecule has 3 heteroatoms. The molecule has 0 saturated heterocycles. The van der Waals surface area contributed by atoms with Gasteiger partial charge in [-0.1, -0.05) is 48.5 Å². The Hall–Kier alpha value is -1.80. The van der Waals surface area contributed by atoms with Crippen LogP contribution in [0.3, 0.4) is 0 Å². The van der Waals surface area contributed by atoms with Crippen molar-refractivity contribution in [1.82, 2.24) is 0 Å². The average molecular weight is 286 g/mol. The van der Waals surface area contributed by atoms with Gasteiger partial charge < -0.3 is 4.74 Å². The zero-order valence-corrected chi connectivity index (χ0v) is 11.8. The molecule has 102 valence electrons. The van der Waals surface area contributed by atoms with E-state index in [1.165, 1.54) is 5.56 Å². The zero-order valence-electron chi connectivity index (χ0n) is 11.1. The lowest BCUT2D eigenvalue weighted by Gasteiger charge is -2.28. The molecule has 0 aromatic heterocycles. The lowest BCUT2D eigenvalue weighted by Crippen LogP contribution is -2.28. The van der Waals surface area contributed by atoms with Crippen molar-refractivity contribution in [2.24, 2.45) is 4.99 Å². The molecule has 0 fully saturated rings. The van der Waals surface area contributed by atoms with Crippen LogP contribution in [0.5, 0.6) is 0 Å². The quantitative estimate of drug-likeness (QED) is 0.775. The first-order chi connectivity index (χ1) is 9.86. The Bertz CT molecular complexity index is 582. The summed E-state index contributed by atoms with van der Waals surface area (Å²) in [4.78, 5) is 4.76. The topological polar surface area (TPSA) is 21.6 Å². The average Bonchev–Trinajstić information content (AvgIpc) is 2.56. The van der Waals surface area contributed by atoms with Crippen LogP contribution >= 0.6 is 11.6 Å². The SMILES string of the molecule is ClC[C@@H]1C[C@H](c2ccccc2)N=C(c2ccccc2)O1. The predicted octanol–water partition coefficient (Wildman–Crippen LogP) is 4.20. The third-order valence-electron chi connectivity index (χ3n) is 3.41. The summed E-state index contributed by atoms with van der Waals surface area (Å²) in [7, 11) is 0. The van der Waals surface area contributed by atoms with Gasteiger partial charge in [0.05, 0.1) is 11.9 Å². The Morgan fingerprint density at radius 3 is 2.30 bits per heavy atom. The maximum Gasteiger partial charge on any atom is 0.217 e. The molecule has 2 nitrogen and oxygen atoms in total. The number of hydrogen-bond donors (Lipinski definition) is 0. The number of hydrogen-bond acceptors (Lipinski definition) is 2. The van der Waals surface area contributed by atoms with E-state index >= 15 is 0 Å². The minimum atomic E-state index is 0.00887. The highest BCUT2D eigenvalue weighted by Gasteiger charge is 2.26. The summed E-state index contributed by atoms with van der Waals surface area (Å²) < 4.78 is 5.89. The largest absolute Gasteiger partial charge is 0.473 e. The monoisotopic (exact) mass is 285 g/mol. The molecule has 3 rings (SSSR count). The first kappa shape index (κ1) is 13.2. The second-order valence-electron chi connectivity index (χ2n) is 4.86. The summed E-state index contributed by atoms with van der Waals surface area (Å²) in [5.41, 5.74) is 2.21. The minimum absolute atomic E-state index is 0.00887. The second kappa shape index (κ2) is 6.10. The Morgan fingerprint density at radius 1 is 1.00 bits per heavy atom. The molecular weight excluding hydrogens is 270 g/mol. The van der Waals surface area contributed by atoms with Crippen molar-refractivity contribution in [2.75, 3.05) is 5.88 Å². The summed E-state index contributed by atoms with van der Waals surface area (Å²) in [5.74, 6) is 1.17. The van der Waals surface area contributed by atoms with Crippen molar-refractivity contribution in [3.05, 3.63) is 71.8 Å². The maximum atomic E-state index is 6.01. The zero-order chi connectivity index (χ0) is 13.8. The standard InChI is InChI=1S/C17H16ClNO/c18-12-15-11-16(13-7-3-1-4-8-13)19-17(20-15)14-9-5-2-6-10-14/h1-10,15-16H,11-12H2/t15-,16+/m0/s1. The van der Waals surface area contributed by atoms with Gasteiger partial charge in [0.15, 0.2) is 0 Å². The maximum absolute atomic E-state index is 6.01. The van der Waals surface area contributed by atoms with E-state index in [2.05, 4.69) is 12.1 Å². The summed E-state index contributed by atoms with van der Waals surface area (Å²) in [6, 6.07) is 20.4. The third kappa shape index (κ3) is 2.86. The highest BCUT2D eigenvalue weighted by molar-refractivity contribution is 6.18. The van der Waals surface area contributed by atoms with E-state index in [1.807, 2.05) is 48.5 Å². The molecule has 0 N–H and O–H groups in total. The molecule has 0 bridgehead atoms. The smallest absolute Gasteiger partial charge is 0.217 e. The van der Waals surface area contributed by atoms with Crippen molar-refractivity contribution in [2.45, 2.75) is 18.6 Å². The van der Waals surface area contributed by atoms with Crippen LogP contribution in [0.15, 0.2) is 65.7 Å². The van der Waals surface area contributed by atoms with Gasteiger partial charge in [-0.3, -0.25) is 0 Å². The molecule has 1 aliphatic rings. The number of ether oxygens (including phenoxy) is 1. The molecule has 0 aliphatic carbocycles. The fourth-order valence-corrected chi connectivity index (χ4v) is 2.57. The molecule has 0 saturated carbocycles. The van der Waals surface area contributed by atoms with Crippen LogP contribution in [-0.4, -0.2) is 17.9 Å². The number of halogens is 1. The van der Waals surface area contributed by atoms with E-state index in [1.54, 1.807) is 0 Å². The summed E-state index contributed by atoms with van der Waals surface area (Å²) in [6.45, 7) is 0. The normalized spacial score (nSPS) is 21.9. The predicted molar refractivity (Wildman–Crippen MR) is 82.4 cm³/mol. The van der Waals surface area contributed by atoms with Crippen LogP contribution in [-0.2, 0) is 4.74 Å². The van der Waals surface area contributed by atoms with E-state index in [-0.39, 0.29) is 12.1 Å². The van der Waals surface area contributed by atoms with Crippen molar-refractivity contribution in [1.29, 1.82) is 0 Å². The molecule has 1 heterocycles. The molecule has 2 aromatic rings. The van der Waals surface area contributed by atoms with Gasteiger partial charge in [-0.2, -0.15) is 0 Å². The fourth-order valence-electron chi connectivity index (χ4n) is 2.38. The highest BCUT2D eigenvalue weighted by atomic mass is 35.5. The molecule has 1 aliphatic heterocycles. The van der Waals surface area contributed by atoms with E-state index in [0.29, 0.717) is 11.8 Å². The second-order valence-corrected chi connectivity index (χ2v) is 5.17. The van der Waals surface area contributed by atoms with Gasteiger partial charge in [0.1, 0.15) is 6.10 Å². The van der Waals surface area contributed by atoms with Crippen LogP contribution in [0.25, 0.3) is 0 Å². The fraction of sp³-hybridized carbons (Fsp3) is 0.235.